The molecule has 0 atom stereocenters. The lowest BCUT2D eigenvalue weighted by atomic mass is 9.73. The maximum Gasteiger partial charge on any atom is 0.258 e. The van der Waals surface area contributed by atoms with Crippen LogP contribution in [0.1, 0.15) is 49.8 Å². The van der Waals surface area contributed by atoms with Crippen molar-refractivity contribution in [1.82, 2.24) is 14.3 Å². The molecule has 2 fully saturated rings. The van der Waals surface area contributed by atoms with Crippen molar-refractivity contribution in [3.63, 3.8) is 0 Å². The number of carbonyl (C=O) groups excluding carboxylic acids is 2. The lowest BCUT2D eigenvalue weighted by Gasteiger charge is -2.30. The molecule has 2 aromatic rings. The minimum absolute atomic E-state index is 0.0805. The van der Waals surface area contributed by atoms with Gasteiger partial charge in [-0.2, -0.15) is 0 Å². The number of hydrogen-bond donors (Lipinski definition) is 0. The van der Waals surface area contributed by atoms with Gasteiger partial charge >= 0.3 is 0 Å². The number of amides is 2. The number of rotatable bonds is 2. The largest absolute Gasteiger partial charge is 0.276 e. The van der Waals surface area contributed by atoms with Crippen molar-refractivity contribution in [2.24, 2.45) is 5.41 Å². The molecule has 0 aromatic carbocycles. The highest BCUT2D eigenvalue weighted by Gasteiger charge is 2.51. The van der Waals surface area contributed by atoms with E-state index in [2.05, 4.69) is 4.98 Å². The summed E-state index contributed by atoms with van der Waals surface area (Å²) in [5.74, 6) is -0.221. The van der Waals surface area contributed by atoms with E-state index in [-0.39, 0.29) is 23.9 Å². The number of likely N-dealkylation sites (tertiary alicyclic amines) is 1. The molecule has 6 heteroatoms. The predicted octanol–water partition coefficient (Wildman–Crippen LogP) is 2.21. The van der Waals surface area contributed by atoms with Crippen molar-refractivity contribution in [1.29, 1.82) is 0 Å². The van der Waals surface area contributed by atoms with Crippen LogP contribution in [-0.4, -0.2) is 26.1 Å². The Bertz CT molecular complexity index is 925. The molecule has 1 saturated heterocycles. The summed E-state index contributed by atoms with van der Waals surface area (Å²) in [4.78, 5) is 43.4. The van der Waals surface area contributed by atoms with E-state index in [4.69, 9.17) is 0 Å². The van der Waals surface area contributed by atoms with Crippen LogP contribution in [0.3, 0.4) is 0 Å². The number of nitrogens with zero attached hydrogens (tertiary/aromatic N) is 3. The Kier molecular flexibility index (Phi) is 3.71. The van der Waals surface area contributed by atoms with Crippen LogP contribution in [0, 0.1) is 12.3 Å². The van der Waals surface area contributed by atoms with Gasteiger partial charge in [-0.3, -0.25) is 23.7 Å². The summed E-state index contributed by atoms with van der Waals surface area (Å²) in [7, 11) is 0. The second-order valence-electron chi connectivity index (χ2n) is 7.32. The molecule has 0 bridgehead atoms. The average molecular weight is 339 g/mol. The minimum Gasteiger partial charge on any atom is -0.276 e. The zero-order valence-electron chi connectivity index (χ0n) is 14.3. The number of aromatic nitrogens is 2. The zero-order valence-corrected chi connectivity index (χ0v) is 14.3. The number of carbonyl (C=O) groups is 2. The summed E-state index contributed by atoms with van der Waals surface area (Å²) < 4.78 is 1.48. The Morgan fingerprint density at radius 1 is 1.12 bits per heavy atom. The standard InChI is InChI=1S/C19H21N3O3/c1-13-5-6-15-20-14(9-16(23)21(15)11-13)12-22-17(24)10-19(18(22)25)7-3-2-4-8-19/h5-6,9,11H,2-4,7-8,10,12H2,1H3. The lowest BCUT2D eigenvalue weighted by molar-refractivity contribution is -0.143. The normalized spacial score (nSPS) is 20.0. The number of pyridine rings is 1. The molecule has 6 nitrogen and oxygen atoms in total. The molecule has 3 heterocycles. The number of imide groups is 1. The fourth-order valence-corrected chi connectivity index (χ4v) is 4.14. The summed E-state index contributed by atoms with van der Waals surface area (Å²) in [5, 5.41) is 0. The minimum atomic E-state index is -0.502. The second kappa shape index (κ2) is 5.79. The van der Waals surface area contributed by atoms with Gasteiger partial charge in [-0.05, 0) is 31.4 Å². The Balaban J connectivity index is 1.65. The van der Waals surface area contributed by atoms with Gasteiger partial charge in [0.2, 0.25) is 11.8 Å². The molecule has 2 aliphatic rings. The highest BCUT2D eigenvalue weighted by atomic mass is 16.2. The van der Waals surface area contributed by atoms with Crippen LogP contribution in [0.2, 0.25) is 0 Å². The van der Waals surface area contributed by atoms with E-state index >= 15 is 0 Å². The Labute approximate surface area is 145 Å². The van der Waals surface area contributed by atoms with Gasteiger partial charge < -0.3 is 0 Å². The quantitative estimate of drug-likeness (QED) is 0.787. The van der Waals surface area contributed by atoms with Gasteiger partial charge in [-0.15, -0.1) is 0 Å². The van der Waals surface area contributed by atoms with Crippen LogP contribution >= 0.6 is 0 Å². The molecule has 2 amide bonds. The Morgan fingerprint density at radius 3 is 2.64 bits per heavy atom. The third kappa shape index (κ3) is 2.65. The molecule has 130 valence electrons. The van der Waals surface area contributed by atoms with Crippen LogP contribution in [0.4, 0.5) is 0 Å². The summed E-state index contributed by atoms with van der Waals surface area (Å²) in [6, 6.07) is 5.07. The Hall–Kier alpha value is -2.50. The van der Waals surface area contributed by atoms with Crippen molar-refractivity contribution in [3.8, 4) is 0 Å². The molecule has 2 aromatic heterocycles. The number of aryl methyl sites for hydroxylation is 1. The molecule has 1 saturated carbocycles. The monoisotopic (exact) mass is 339 g/mol. The summed E-state index contributed by atoms with van der Waals surface area (Å²) in [6.07, 6.45) is 6.76. The summed E-state index contributed by atoms with van der Waals surface area (Å²) in [6.45, 7) is 1.99. The third-order valence-electron chi connectivity index (χ3n) is 5.48. The summed E-state index contributed by atoms with van der Waals surface area (Å²) >= 11 is 0. The topological polar surface area (TPSA) is 71.8 Å². The molecule has 1 spiro atoms. The van der Waals surface area contributed by atoms with Crippen molar-refractivity contribution < 1.29 is 9.59 Å². The fourth-order valence-electron chi connectivity index (χ4n) is 4.14. The van der Waals surface area contributed by atoms with Gasteiger partial charge in [0.05, 0.1) is 17.7 Å². The third-order valence-corrected chi connectivity index (χ3v) is 5.48. The van der Waals surface area contributed by atoms with Gasteiger partial charge in [-0.25, -0.2) is 4.98 Å². The van der Waals surface area contributed by atoms with Gasteiger partial charge in [0.25, 0.3) is 5.56 Å². The molecular weight excluding hydrogens is 318 g/mol. The van der Waals surface area contributed by atoms with E-state index in [1.54, 1.807) is 12.3 Å². The van der Waals surface area contributed by atoms with Crippen molar-refractivity contribution in [3.05, 3.63) is 46.0 Å². The van der Waals surface area contributed by atoms with E-state index in [1.165, 1.54) is 15.4 Å². The van der Waals surface area contributed by atoms with Crippen molar-refractivity contribution >= 4 is 17.5 Å². The highest BCUT2D eigenvalue weighted by molar-refractivity contribution is 6.05. The van der Waals surface area contributed by atoms with Gasteiger partial charge in [0, 0.05) is 18.7 Å². The number of hydrogen-bond acceptors (Lipinski definition) is 4. The zero-order chi connectivity index (χ0) is 17.6. The Morgan fingerprint density at radius 2 is 1.88 bits per heavy atom. The summed E-state index contributed by atoms with van der Waals surface area (Å²) in [5.41, 5.74) is 1.25. The maximum absolute atomic E-state index is 12.9. The van der Waals surface area contributed by atoms with E-state index < -0.39 is 5.41 Å². The van der Waals surface area contributed by atoms with Crippen LogP contribution in [-0.2, 0) is 16.1 Å². The first-order valence-electron chi connectivity index (χ1n) is 8.82. The molecule has 0 radical (unpaired) electrons. The average Bonchev–Trinajstić information content (AvgIpc) is 2.80. The van der Waals surface area contributed by atoms with Crippen molar-refractivity contribution in [2.45, 2.75) is 52.0 Å². The molecule has 25 heavy (non-hydrogen) atoms. The first kappa shape index (κ1) is 16.0. The van der Waals surface area contributed by atoms with Crippen LogP contribution in [0.5, 0.6) is 0 Å². The second-order valence-corrected chi connectivity index (χ2v) is 7.32. The molecule has 0 N–H and O–H groups in total. The molecule has 1 aliphatic heterocycles. The molecule has 0 unspecified atom stereocenters. The molecule has 1 aliphatic carbocycles. The van der Waals surface area contributed by atoms with Gasteiger partial charge in [0.1, 0.15) is 5.65 Å². The predicted molar refractivity (Wildman–Crippen MR) is 91.9 cm³/mol. The molecular formula is C19H21N3O3. The fraction of sp³-hybridized carbons (Fsp3) is 0.474. The maximum atomic E-state index is 12.9. The molecule has 4 rings (SSSR count). The van der Waals surface area contributed by atoms with Gasteiger partial charge in [0.15, 0.2) is 0 Å². The smallest absolute Gasteiger partial charge is 0.258 e. The van der Waals surface area contributed by atoms with Crippen LogP contribution < -0.4 is 5.56 Å². The van der Waals surface area contributed by atoms with Crippen LogP contribution in [0.15, 0.2) is 29.2 Å². The first-order chi connectivity index (χ1) is 12.0. The first-order valence-corrected chi connectivity index (χ1v) is 8.82. The number of fused-ring (bicyclic) bond motifs is 1. The van der Waals surface area contributed by atoms with Crippen LogP contribution in [0.25, 0.3) is 5.65 Å². The lowest BCUT2D eigenvalue weighted by Crippen LogP contribution is -2.37. The van der Waals surface area contributed by atoms with E-state index in [0.717, 1.165) is 37.7 Å². The van der Waals surface area contributed by atoms with E-state index in [9.17, 15) is 14.4 Å². The van der Waals surface area contributed by atoms with Gasteiger partial charge in [-0.1, -0.05) is 25.3 Å². The van der Waals surface area contributed by atoms with E-state index in [0.29, 0.717) is 17.8 Å². The SMILES string of the molecule is Cc1ccc2nc(CN3C(=O)CC4(CCCCC4)C3=O)cc(=O)n2c1. The van der Waals surface area contributed by atoms with E-state index in [1.807, 2.05) is 13.0 Å². The highest BCUT2D eigenvalue weighted by Crippen LogP contribution is 2.45. The van der Waals surface area contributed by atoms with Crippen molar-refractivity contribution in [2.75, 3.05) is 0 Å².